The maximum Gasteiger partial charge on any atom is 0.335 e. The summed E-state index contributed by atoms with van der Waals surface area (Å²) in [7, 11) is 0. The summed E-state index contributed by atoms with van der Waals surface area (Å²) in [6.07, 6.45) is 7.17. The van der Waals surface area contributed by atoms with Crippen LogP contribution in [0.25, 0.3) is 34.3 Å². The Morgan fingerprint density at radius 1 is 1.10 bits per heavy atom. The van der Waals surface area contributed by atoms with Crippen LogP contribution < -0.4 is 4.74 Å². The number of benzene rings is 1. The van der Waals surface area contributed by atoms with E-state index in [0.29, 0.717) is 19.0 Å². The van der Waals surface area contributed by atoms with E-state index in [1.165, 1.54) is 6.07 Å². The van der Waals surface area contributed by atoms with Crippen molar-refractivity contribution in [2.24, 2.45) is 0 Å². The molecule has 0 fully saturated rings. The van der Waals surface area contributed by atoms with Crippen LogP contribution in [0.15, 0.2) is 36.7 Å². The SMILES string of the molecule is O=C(O)c1ccc2c(c1)OCCOCc1[nH]ncc1-c1cc3c(n[nH]c3cn1)C=C2. The van der Waals surface area contributed by atoms with Crippen LogP contribution in [0.2, 0.25) is 0 Å². The van der Waals surface area contributed by atoms with E-state index in [4.69, 9.17) is 9.47 Å². The predicted octanol–water partition coefficient (Wildman–Crippen LogP) is 3.13. The summed E-state index contributed by atoms with van der Waals surface area (Å²) >= 11 is 0. The van der Waals surface area contributed by atoms with Crippen molar-refractivity contribution >= 4 is 29.0 Å². The van der Waals surface area contributed by atoms with E-state index in [1.807, 2.05) is 18.2 Å². The number of hydrogen-bond acceptors (Lipinski definition) is 6. The van der Waals surface area contributed by atoms with Crippen molar-refractivity contribution in [3.05, 3.63) is 59.2 Å². The Morgan fingerprint density at radius 2 is 2.03 bits per heavy atom. The normalized spacial score (nSPS) is 13.9. The Labute approximate surface area is 170 Å². The van der Waals surface area contributed by atoms with Gasteiger partial charge in [0.2, 0.25) is 0 Å². The van der Waals surface area contributed by atoms with E-state index in [9.17, 15) is 9.90 Å². The van der Waals surface area contributed by atoms with E-state index >= 15 is 0 Å². The fourth-order valence-corrected chi connectivity index (χ4v) is 3.34. The molecule has 9 nitrogen and oxygen atoms in total. The third kappa shape index (κ3) is 3.31. The number of hydrogen-bond donors (Lipinski definition) is 3. The summed E-state index contributed by atoms with van der Waals surface area (Å²) in [6, 6.07) is 6.73. The zero-order chi connectivity index (χ0) is 20.5. The zero-order valence-corrected chi connectivity index (χ0v) is 15.8. The third-order valence-electron chi connectivity index (χ3n) is 4.88. The first-order chi connectivity index (χ1) is 14.7. The minimum Gasteiger partial charge on any atom is -0.491 e. The van der Waals surface area contributed by atoms with Gasteiger partial charge in [-0.1, -0.05) is 6.07 Å². The van der Waals surface area contributed by atoms with Crippen molar-refractivity contribution in [1.82, 2.24) is 25.4 Å². The van der Waals surface area contributed by atoms with Gasteiger partial charge in [-0.3, -0.25) is 15.2 Å². The van der Waals surface area contributed by atoms with Gasteiger partial charge in [0.15, 0.2) is 0 Å². The number of nitrogens with one attached hydrogen (secondary N) is 2. The van der Waals surface area contributed by atoms with Gasteiger partial charge in [0.1, 0.15) is 12.4 Å². The molecule has 0 atom stereocenters. The fraction of sp³-hybridized carbons (Fsp3) is 0.143. The van der Waals surface area contributed by atoms with E-state index in [1.54, 1.807) is 24.5 Å². The number of fused-ring (bicyclic) bond motifs is 4. The number of pyridine rings is 1. The molecule has 1 aliphatic rings. The maximum atomic E-state index is 11.3. The summed E-state index contributed by atoms with van der Waals surface area (Å²) < 4.78 is 11.5. The smallest absolute Gasteiger partial charge is 0.335 e. The summed E-state index contributed by atoms with van der Waals surface area (Å²) in [4.78, 5) is 15.9. The molecule has 3 aromatic heterocycles. The number of ether oxygens (including phenoxy) is 2. The summed E-state index contributed by atoms with van der Waals surface area (Å²) in [5.74, 6) is -0.545. The molecule has 1 aromatic carbocycles. The number of aromatic amines is 2. The Hall–Kier alpha value is -3.98. The van der Waals surface area contributed by atoms with Crippen LogP contribution in [0, 0.1) is 0 Å². The second-order valence-electron chi connectivity index (χ2n) is 6.78. The lowest BCUT2D eigenvalue weighted by molar-refractivity contribution is 0.0695. The number of nitrogens with zero attached hydrogens (tertiary/aromatic N) is 3. The molecule has 3 N–H and O–H groups in total. The second-order valence-corrected chi connectivity index (χ2v) is 6.78. The number of carbonyl (C=O) groups is 1. The van der Waals surface area contributed by atoms with Crippen LogP contribution in [-0.2, 0) is 11.3 Å². The molecule has 4 heterocycles. The van der Waals surface area contributed by atoms with Crippen molar-refractivity contribution in [3.8, 4) is 17.0 Å². The number of aromatic nitrogens is 5. The summed E-state index contributed by atoms with van der Waals surface area (Å²) in [5, 5.41) is 24.6. The largest absolute Gasteiger partial charge is 0.491 e. The van der Waals surface area contributed by atoms with E-state index < -0.39 is 5.97 Å². The molecule has 4 aromatic rings. The molecular weight excluding hydrogens is 386 g/mol. The van der Waals surface area contributed by atoms with Crippen molar-refractivity contribution in [1.29, 1.82) is 0 Å². The number of carboxylic acids is 1. The Kier molecular flexibility index (Phi) is 4.49. The number of H-pyrrole nitrogens is 2. The average molecular weight is 403 g/mol. The molecule has 30 heavy (non-hydrogen) atoms. The Morgan fingerprint density at radius 3 is 2.93 bits per heavy atom. The lowest BCUT2D eigenvalue weighted by Crippen LogP contribution is -2.08. The van der Waals surface area contributed by atoms with Gasteiger partial charge in [-0.05, 0) is 30.4 Å². The first kappa shape index (κ1) is 18.1. The first-order valence-electron chi connectivity index (χ1n) is 9.32. The van der Waals surface area contributed by atoms with Crippen LogP contribution >= 0.6 is 0 Å². The molecule has 9 heteroatoms. The van der Waals surface area contributed by atoms with Crippen LogP contribution in [0.4, 0.5) is 0 Å². The van der Waals surface area contributed by atoms with Gasteiger partial charge in [-0.25, -0.2) is 4.79 Å². The zero-order valence-electron chi connectivity index (χ0n) is 15.8. The fourth-order valence-electron chi connectivity index (χ4n) is 3.34. The van der Waals surface area contributed by atoms with Gasteiger partial charge >= 0.3 is 5.97 Å². The number of rotatable bonds is 1. The molecule has 0 saturated heterocycles. The summed E-state index contributed by atoms with van der Waals surface area (Å²) in [5.41, 5.74) is 4.88. The molecule has 0 aliphatic carbocycles. The molecular formula is C21H17N5O4. The molecule has 150 valence electrons. The quantitative estimate of drug-likeness (QED) is 0.446. The molecule has 1 aliphatic heterocycles. The highest BCUT2D eigenvalue weighted by molar-refractivity contribution is 5.92. The Balaban J connectivity index is 1.62. The van der Waals surface area contributed by atoms with Gasteiger partial charge in [0.25, 0.3) is 0 Å². The maximum absolute atomic E-state index is 11.3. The van der Waals surface area contributed by atoms with Crippen molar-refractivity contribution in [2.45, 2.75) is 6.61 Å². The standard InChI is InChI=1S/C21H17N5O4/c27-21(28)13-2-1-12-3-4-16-14-8-17(22-10-18(14)26-25-16)15-9-23-24-19(15)11-29-5-6-30-20(12)7-13/h1-4,7-10H,5-6,11H2,(H,23,24)(H,25,26)(H,27,28). The minimum atomic E-state index is -1.01. The lowest BCUT2D eigenvalue weighted by atomic mass is 10.1. The Bertz CT molecular complexity index is 1270. The third-order valence-corrected chi connectivity index (χ3v) is 4.88. The molecule has 0 saturated carbocycles. The topological polar surface area (TPSA) is 126 Å². The first-order valence-corrected chi connectivity index (χ1v) is 9.32. The highest BCUT2D eigenvalue weighted by Gasteiger charge is 2.14. The highest BCUT2D eigenvalue weighted by Crippen LogP contribution is 2.28. The van der Waals surface area contributed by atoms with Gasteiger partial charge in [0.05, 0.1) is 53.8 Å². The van der Waals surface area contributed by atoms with Crippen molar-refractivity contribution in [2.75, 3.05) is 13.2 Å². The molecule has 0 amide bonds. The van der Waals surface area contributed by atoms with Gasteiger partial charge in [-0.2, -0.15) is 10.2 Å². The molecule has 0 spiro atoms. The van der Waals surface area contributed by atoms with E-state index in [0.717, 1.165) is 39.1 Å². The minimum absolute atomic E-state index is 0.157. The number of carboxylic acid groups (broad SMARTS) is 1. The second kappa shape index (κ2) is 7.45. The lowest BCUT2D eigenvalue weighted by Gasteiger charge is -2.11. The monoisotopic (exact) mass is 403 g/mol. The average Bonchev–Trinajstić information content (AvgIpc) is 3.38. The highest BCUT2D eigenvalue weighted by atomic mass is 16.5. The van der Waals surface area contributed by atoms with Crippen molar-refractivity contribution < 1.29 is 19.4 Å². The number of aromatic carboxylic acids is 1. The molecule has 5 rings (SSSR count). The van der Waals surface area contributed by atoms with Gasteiger partial charge < -0.3 is 14.6 Å². The van der Waals surface area contributed by atoms with E-state index in [-0.39, 0.29) is 12.2 Å². The molecule has 2 bridgehead atoms. The van der Waals surface area contributed by atoms with Crippen LogP contribution in [-0.4, -0.2) is 49.7 Å². The van der Waals surface area contributed by atoms with E-state index in [2.05, 4.69) is 25.4 Å². The molecule has 0 radical (unpaired) electrons. The molecule has 0 unspecified atom stereocenters. The van der Waals surface area contributed by atoms with Gasteiger partial charge in [0, 0.05) is 16.5 Å². The predicted molar refractivity (Wildman–Crippen MR) is 109 cm³/mol. The van der Waals surface area contributed by atoms with Crippen LogP contribution in [0.1, 0.15) is 27.3 Å². The summed E-state index contributed by atoms with van der Waals surface area (Å²) in [6.45, 7) is 0.913. The van der Waals surface area contributed by atoms with Crippen molar-refractivity contribution in [3.63, 3.8) is 0 Å². The van der Waals surface area contributed by atoms with Crippen LogP contribution in [0.5, 0.6) is 5.75 Å². The van der Waals surface area contributed by atoms with Crippen LogP contribution in [0.3, 0.4) is 0 Å². The van der Waals surface area contributed by atoms with Gasteiger partial charge in [-0.15, -0.1) is 0 Å².